The van der Waals surface area contributed by atoms with Gasteiger partial charge in [-0.1, -0.05) is 0 Å². The molecule has 1 rings (SSSR count). The van der Waals surface area contributed by atoms with E-state index in [1.807, 2.05) is 0 Å². The number of rotatable bonds is 3. The van der Waals surface area contributed by atoms with Crippen molar-refractivity contribution in [1.82, 2.24) is 10.3 Å². The van der Waals surface area contributed by atoms with Crippen LogP contribution in [0.5, 0.6) is 0 Å². The molecule has 5 nitrogen and oxygen atoms in total. The number of carbonyl (C=O) groups is 1. The molecule has 16 heavy (non-hydrogen) atoms. The molecule has 0 radical (unpaired) electrons. The van der Waals surface area contributed by atoms with Crippen molar-refractivity contribution < 1.29 is 9.53 Å². The molecule has 1 aliphatic rings. The van der Waals surface area contributed by atoms with Gasteiger partial charge in [0.15, 0.2) is 0 Å². The summed E-state index contributed by atoms with van der Waals surface area (Å²) in [5.41, 5.74) is 3.45. The molecule has 1 aliphatic heterocycles. The lowest BCUT2D eigenvalue weighted by molar-refractivity contribution is 0.152. The summed E-state index contributed by atoms with van der Waals surface area (Å²) in [6.45, 7) is 8.56. The zero-order chi connectivity index (χ0) is 12.0. The predicted molar refractivity (Wildman–Crippen MR) is 63.5 cm³/mol. The van der Waals surface area contributed by atoms with Gasteiger partial charge in [-0.25, -0.2) is 10.2 Å². The van der Waals surface area contributed by atoms with Crippen molar-refractivity contribution in [2.45, 2.75) is 39.7 Å². The van der Waals surface area contributed by atoms with Crippen LogP contribution < -0.4 is 5.43 Å². The normalized spacial score (nSPS) is 17.4. The van der Waals surface area contributed by atoms with E-state index in [0.717, 1.165) is 31.6 Å². The van der Waals surface area contributed by atoms with E-state index in [9.17, 15) is 4.79 Å². The van der Waals surface area contributed by atoms with Crippen LogP contribution >= 0.6 is 0 Å². The van der Waals surface area contributed by atoms with E-state index >= 15 is 0 Å². The smallest absolute Gasteiger partial charge is 0.427 e. The molecule has 0 aromatic rings. The molecule has 0 aromatic heterocycles. The first-order valence-electron chi connectivity index (χ1n) is 5.85. The fraction of sp³-hybridized carbons (Fsp3) is 0.818. The van der Waals surface area contributed by atoms with Crippen molar-refractivity contribution in [2.75, 3.05) is 19.7 Å². The molecule has 92 valence electrons. The SMILES string of the molecule is CCOC(=O)NN=C1CCN(C(C)C)CC1. The van der Waals surface area contributed by atoms with Crippen molar-refractivity contribution in [3.63, 3.8) is 0 Å². The highest BCUT2D eigenvalue weighted by Gasteiger charge is 2.17. The molecule has 1 amide bonds. The number of likely N-dealkylation sites (tertiary alicyclic amines) is 1. The van der Waals surface area contributed by atoms with Gasteiger partial charge in [-0.15, -0.1) is 0 Å². The van der Waals surface area contributed by atoms with E-state index in [2.05, 4.69) is 29.3 Å². The van der Waals surface area contributed by atoms with Crippen LogP contribution in [0.15, 0.2) is 5.10 Å². The summed E-state index contributed by atoms with van der Waals surface area (Å²) in [4.78, 5) is 13.4. The van der Waals surface area contributed by atoms with E-state index in [0.29, 0.717) is 12.6 Å². The van der Waals surface area contributed by atoms with E-state index < -0.39 is 6.09 Å². The van der Waals surface area contributed by atoms with Gasteiger partial charge in [-0.05, 0) is 20.8 Å². The Labute approximate surface area is 96.8 Å². The largest absolute Gasteiger partial charge is 0.449 e. The number of hydrogen-bond acceptors (Lipinski definition) is 4. The van der Waals surface area contributed by atoms with Gasteiger partial charge in [0.2, 0.25) is 0 Å². The zero-order valence-corrected chi connectivity index (χ0v) is 10.3. The maximum atomic E-state index is 11.0. The maximum absolute atomic E-state index is 11.0. The van der Waals surface area contributed by atoms with Crippen LogP contribution in [0.25, 0.3) is 0 Å². The minimum Gasteiger partial charge on any atom is -0.449 e. The van der Waals surface area contributed by atoms with Crippen LogP contribution in [0.2, 0.25) is 0 Å². The van der Waals surface area contributed by atoms with Gasteiger partial charge >= 0.3 is 6.09 Å². The lowest BCUT2D eigenvalue weighted by Crippen LogP contribution is -2.39. The Morgan fingerprint density at radius 2 is 2.12 bits per heavy atom. The molecule has 0 aliphatic carbocycles. The number of piperidine rings is 1. The highest BCUT2D eigenvalue weighted by atomic mass is 16.5. The van der Waals surface area contributed by atoms with Gasteiger partial charge in [0, 0.05) is 37.7 Å². The zero-order valence-electron chi connectivity index (χ0n) is 10.3. The molecule has 0 bridgehead atoms. The van der Waals surface area contributed by atoms with Crippen molar-refractivity contribution in [1.29, 1.82) is 0 Å². The second kappa shape index (κ2) is 6.48. The van der Waals surface area contributed by atoms with Gasteiger partial charge in [-0.3, -0.25) is 0 Å². The Hall–Kier alpha value is -1.10. The summed E-state index contributed by atoms with van der Waals surface area (Å²) in [7, 11) is 0. The average Bonchev–Trinajstić information content (AvgIpc) is 2.27. The predicted octanol–water partition coefficient (Wildman–Crippen LogP) is 1.59. The third kappa shape index (κ3) is 4.18. The van der Waals surface area contributed by atoms with Gasteiger partial charge in [0.05, 0.1) is 6.61 Å². The summed E-state index contributed by atoms with van der Waals surface area (Å²) in [5.74, 6) is 0. The standard InChI is InChI=1S/C11H21N3O2/c1-4-16-11(15)13-12-10-5-7-14(8-6-10)9(2)3/h9H,4-8H2,1-3H3,(H,13,15). The molecular weight excluding hydrogens is 206 g/mol. The third-order valence-electron chi connectivity index (χ3n) is 2.69. The minimum absolute atomic E-state index is 0.373. The molecule has 0 saturated carbocycles. The quantitative estimate of drug-likeness (QED) is 0.745. The average molecular weight is 227 g/mol. The minimum atomic E-state index is -0.471. The molecule has 0 unspecified atom stereocenters. The fourth-order valence-corrected chi connectivity index (χ4v) is 1.70. The van der Waals surface area contributed by atoms with Crippen LogP contribution in [0, 0.1) is 0 Å². The summed E-state index contributed by atoms with van der Waals surface area (Å²) < 4.78 is 4.72. The topological polar surface area (TPSA) is 53.9 Å². The molecular formula is C11H21N3O2. The Morgan fingerprint density at radius 3 is 2.62 bits per heavy atom. The van der Waals surface area contributed by atoms with Gasteiger partial charge in [0.1, 0.15) is 0 Å². The van der Waals surface area contributed by atoms with Gasteiger partial charge in [-0.2, -0.15) is 5.10 Å². The molecule has 1 heterocycles. The summed E-state index contributed by atoms with van der Waals surface area (Å²) in [5, 5.41) is 4.06. The van der Waals surface area contributed by atoms with Crippen molar-refractivity contribution in [2.24, 2.45) is 5.10 Å². The number of hydrazone groups is 1. The molecule has 1 fully saturated rings. The highest BCUT2D eigenvalue weighted by molar-refractivity contribution is 5.86. The molecule has 1 N–H and O–H groups in total. The number of amides is 1. The van der Waals surface area contributed by atoms with E-state index in [4.69, 9.17) is 4.74 Å². The van der Waals surface area contributed by atoms with E-state index in [1.165, 1.54) is 0 Å². The van der Waals surface area contributed by atoms with Crippen LogP contribution in [0.4, 0.5) is 4.79 Å². The summed E-state index contributed by atoms with van der Waals surface area (Å²) in [6.07, 6.45) is 1.37. The first kappa shape index (κ1) is 13.0. The first-order valence-corrected chi connectivity index (χ1v) is 5.85. The molecule has 1 saturated heterocycles. The lowest BCUT2D eigenvalue weighted by atomic mass is 10.1. The van der Waals surface area contributed by atoms with Crippen LogP contribution in [0.1, 0.15) is 33.6 Å². The second-order valence-electron chi connectivity index (χ2n) is 4.14. The second-order valence-corrected chi connectivity index (χ2v) is 4.14. The van der Waals surface area contributed by atoms with Crippen molar-refractivity contribution in [3.8, 4) is 0 Å². The first-order chi connectivity index (χ1) is 7.63. The van der Waals surface area contributed by atoms with E-state index in [1.54, 1.807) is 6.92 Å². The van der Waals surface area contributed by atoms with Crippen LogP contribution in [-0.4, -0.2) is 42.4 Å². The monoisotopic (exact) mass is 227 g/mol. The van der Waals surface area contributed by atoms with Crippen LogP contribution in [-0.2, 0) is 4.74 Å². The Morgan fingerprint density at radius 1 is 1.50 bits per heavy atom. The highest BCUT2D eigenvalue weighted by Crippen LogP contribution is 2.09. The third-order valence-corrected chi connectivity index (χ3v) is 2.69. The van der Waals surface area contributed by atoms with Crippen molar-refractivity contribution in [3.05, 3.63) is 0 Å². The number of carbonyl (C=O) groups excluding carboxylic acids is 1. The summed E-state index contributed by atoms with van der Waals surface area (Å²) in [6, 6.07) is 0.583. The Bertz CT molecular complexity index is 254. The number of nitrogens with zero attached hydrogens (tertiary/aromatic N) is 2. The van der Waals surface area contributed by atoms with Gasteiger partial charge in [0.25, 0.3) is 0 Å². The molecule has 0 aromatic carbocycles. The summed E-state index contributed by atoms with van der Waals surface area (Å²) >= 11 is 0. The lowest BCUT2D eigenvalue weighted by Gasteiger charge is -2.30. The van der Waals surface area contributed by atoms with E-state index in [-0.39, 0.29) is 0 Å². The number of nitrogens with one attached hydrogen (secondary N) is 1. The van der Waals surface area contributed by atoms with Crippen molar-refractivity contribution >= 4 is 11.8 Å². The number of ether oxygens (including phenoxy) is 1. The van der Waals surface area contributed by atoms with Gasteiger partial charge < -0.3 is 9.64 Å². The van der Waals surface area contributed by atoms with Crippen LogP contribution in [0.3, 0.4) is 0 Å². The Kier molecular flexibility index (Phi) is 5.25. The molecule has 0 atom stereocenters. The number of hydrogen-bond donors (Lipinski definition) is 1. The molecule has 5 heteroatoms. The Balaban J connectivity index is 2.30. The molecule has 0 spiro atoms. The fourth-order valence-electron chi connectivity index (χ4n) is 1.70. The maximum Gasteiger partial charge on any atom is 0.427 e.